The number of aryl methyl sites for hydroxylation is 1. The summed E-state index contributed by atoms with van der Waals surface area (Å²) in [4.78, 5) is 30.0. The second kappa shape index (κ2) is 17.2. The van der Waals surface area contributed by atoms with Crippen LogP contribution in [0.2, 0.25) is 15.1 Å². The molecular weight excluding hydrogens is 705 g/mol. The molecule has 2 unspecified atom stereocenters. The number of rotatable bonds is 16. The molecule has 50 heavy (non-hydrogen) atoms. The zero-order valence-electron chi connectivity index (χ0n) is 29.4. The van der Waals surface area contributed by atoms with Gasteiger partial charge in [0.05, 0.1) is 16.0 Å². The van der Waals surface area contributed by atoms with Gasteiger partial charge >= 0.3 is 6.09 Å². The van der Waals surface area contributed by atoms with Gasteiger partial charge in [-0.2, -0.15) is 4.73 Å². The Bertz CT molecular complexity index is 1620. The van der Waals surface area contributed by atoms with Crippen molar-refractivity contribution >= 4 is 46.8 Å². The van der Waals surface area contributed by atoms with E-state index in [1.165, 1.54) is 11.1 Å². The van der Waals surface area contributed by atoms with E-state index in [2.05, 4.69) is 0 Å². The molecule has 1 aliphatic rings. The highest BCUT2D eigenvalue weighted by Gasteiger charge is 2.39. The van der Waals surface area contributed by atoms with Gasteiger partial charge in [0, 0.05) is 43.4 Å². The Morgan fingerprint density at radius 2 is 1.64 bits per heavy atom. The smallest absolute Gasteiger partial charge is 0.407 e. The molecule has 0 saturated heterocycles. The first-order chi connectivity index (χ1) is 23.6. The molecule has 1 heterocycles. The molecule has 1 saturated carbocycles. The lowest BCUT2D eigenvalue weighted by atomic mass is 9.94. The highest BCUT2D eigenvalue weighted by molar-refractivity contribution is 6.37. The molecule has 0 bridgehead atoms. The minimum absolute atomic E-state index is 0.00345. The highest BCUT2D eigenvalue weighted by atomic mass is 35.5. The van der Waals surface area contributed by atoms with Crippen molar-refractivity contribution < 1.29 is 33.6 Å². The molecule has 0 radical (unpaired) electrons. The van der Waals surface area contributed by atoms with Gasteiger partial charge in [-0.05, 0) is 88.8 Å². The molecule has 0 spiro atoms. The van der Waals surface area contributed by atoms with Gasteiger partial charge in [0.1, 0.15) is 30.1 Å². The first kappa shape index (κ1) is 39.3. The van der Waals surface area contributed by atoms with Crippen LogP contribution in [0.15, 0.2) is 48.7 Å². The minimum atomic E-state index is -1.10. The van der Waals surface area contributed by atoms with E-state index < -0.39 is 23.7 Å². The Morgan fingerprint density at radius 3 is 2.18 bits per heavy atom. The van der Waals surface area contributed by atoms with Gasteiger partial charge in [0.2, 0.25) is 11.6 Å². The van der Waals surface area contributed by atoms with E-state index in [0.717, 1.165) is 24.0 Å². The second-order valence-corrected chi connectivity index (χ2v) is 14.8. The second-order valence-electron chi connectivity index (χ2n) is 13.6. The van der Waals surface area contributed by atoms with Crippen LogP contribution in [0.1, 0.15) is 75.4 Å². The summed E-state index contributed by atoms with van der Waals surface area (Å²) >= 11 is 19.1. The molecule has 4 rings (SSSR count). The maximum atomic E-state index is 14.5. The van der Waals surface area contributed by atoms with Crippen molar-refractivity contribution in [1.82, 2.24) is 9.80 Å². The summed E-state index contributed by atoms with van der Waals surface area (Å²) in [6.07, 6.45) is 2.30. The van der Waals surface area contributed by atoms with Crippen molar-refractivity contribution in [3.05, 3.63) is 91.3 Å². The fourth-order valence-corrected chi connectivity index (χ4v) is 6.75. The van der Waals surface area contributed by atoms with E-state index in [1.807, 2.05) is 38.1 Å². The number of halogens is 3. The van der Waals surface area contributed by atoms with Crippen LogP contribution in [-0.2, 0) is 22.5 Å². The number of aromatic nitrogens is 1. The monoisotopic (exact) mass is 749 g/mol. The van der Waals surface area contributed by atoms with E-state index in [0.29, 0.717) is 50.4 Å². The standard InChI is InChI=1S/C37H46Cl3N3O7/c1-7-33(48-6)32-19-25(31(40)22-43(32)47)20-41(27-10-11-27)35(44)26(21-42(36(45)46)37(3,4)5)18-24-8-12-28(13-9-24)49-14-15-50-34-29(38)16-23(2)17-30(34)39/h8-9,12-13,16-17,19,22,26-27,33H,7,10-11,14-15,18,20-21H2,1-6H3,(H,45,46). The number of carbonyl (C=O) groups is 2. The number of carboxylic acid groups (broad SMARTS) is 1. The number of methoxy groups -OCH3 is 1. The summed E-state index contributed by atoms with van der Waals surface area (Å²) in [5.74, 6) is 0.144. The van der Waals surface area contributed by atoms with Crippen molar-refractivity contribution in [2.24, 2.45) is 5.92 Å². The number of carbonyl (C=O) groups excluding carboxylic acids is 1. The first-order valence-corrected chi connectivity index (χ1v) is 17.8. The fourth-order valence-electron chi connectivity index (χ4n) is 5.84. The summed E-state index contributed by atoms with van der Waals surface area (Å²) in [6, 6.07) is 12.6. The molecule has 1 fully saturated rings. The number of amides is 2. The molecule has 272 valence electrons. The van der Waals surface area contributed by atoms with Gasteiger partial charge in [-0.15, -0.1) is 0 Å². The van der Waals surface area contributed by atoms with Crippen LogP contribution in [0, 0.1) is 18.0 Å². The third-order valence-corrected chi connectivity index (χ3v) is 9.55. The van der Waals surface area contributed by atoms with Gasteiger partial charge < -0.3 is 34.3 Å². The zero-order chi connectivity index (χ0) is 36.7. The first-order valence-electron chi connectivity index (χ1n) is 16.7. The van der Waals surface area contributed by atoms with Crippen molar-refractivity contribution in [3.63, 3.8) is 0 Å². The summed E-state index contributed by atoms with van der Waals surface area (Å²) in [7, 11) is 1.54. The summed E-state index contributed by atoms with van der Waals surface area (Å²) in [5, 5.41) is 23.9. The maximum absolute atomic E-state index is 14.5. The van der Waals surface area contributed by atoms with Crippen LogP contribution in [0.5, 0.6) is 11.5 Å². The van der Waals surface area contributed by atoms with E-state index >= 15 is 0 Å². The highest BCUT2D eigenvalue weighted by Crippen LogP contribution is 2.35. The van der Waals surface area contributed by atoms with Gasteiger partial charge in [0.25, 0.3) is 0 Å². The van der Waals surface area contributed by atoms with E-state index in [4.69, 9.17) is 49.0 Å². The van der Waals surface area contributed by atoms with Gasteiger partial charge in [0.15, 0.2) is 11.9 Å². The van der Waals surface area contributed by atoms with Crippen molar-refractivity contribution in [2.45, 2.75) is 84.5 Å². The largest absolute Gasteiger partial charge is 0.618 e. The Labute approximate surface area is 309 Å². The third kappa shape index (κ3) is 10.3. The Balaban J connectivity index is 1.52. The predicted octanol–water partition coefficient (Wildman–Crippen LogP) is 8.27. The number of hydrogen-bond donors (Lipinski definition) is 1. The average molecular weight is 751 g/mol. The van der Waals surface area contributed by atoms with Crippen molar-refractivity contribution in [3.8, 4) is 11.5 Å². The number of pyridine rings is 1. The maximum Gasteiger partial charge on any atom is 0.407 e. The van der Waals surface area contributed by atoms with Crippen LogP contribution >= 0.6 is 34.8 Å². The lowest BCUT2D eigenvalue weighted by molar-refractivity contribution is -0.618. The van der Waals surface area contributed by atoms with E-state index in [9.17, 15) is 19.9 Å². The Hall–Kier alpha value is -3.44. The molecule has 0 aliphatic heterocycles. The predicted molar refractivity (Wildman–Crippen MR) is 194 cm³/mol. The van der Waals surface area contributed by atoms with Gasteiger partial charge in [-0.1, -0.05) is 53.9 Å². The molecule has 1 N–H and O–H groups in total. The topological polar surface area (TPSA) is 115 Å². The van der Waals surface area contributed by atoms with Gasteiger partial charge in [-0.25, -0.2) is 4.79 Å². The molecule has 2 atom stereocenters. The molecule has 2 aromatic carbocycles. The van der Waals surface area contributed by atoms with Crippen molar-refractivity contribution in [1.29, 1.82) is 0 Å². The van der Waals surface area contributed by atoms with Crippen LogP contribution < -0.4 is 14.2 Å². The molecule has 1 aromatic heterocycles. The Kier molecular flexibility index (Phi) is 13.5. The average Bonchev–Trinajstić information content (AvgIpc) is 3.88. The summed E-state index contributed by atoms with van der Waals surface area (Å²) < 4.78 is 17.8. The summed E-state index contributed by atoms with van der Waals surface area (Å²) in [6.45, 7) is 9.89. The molecule has 1 aliphatic carbocycles. The molecule has 13 heteroatoms. The number of nitrogens with zero attached hydrogens (tertiary/aromatic N) is 3. The molecule has 10 nitrogen and oxygen atoms in total. The van der Waals surface area contributed by atoms with Crippen LogP contribution in [-0.4, -0.2) is 65.4 Å². The lowest BCUT2D eigenvalue weighted by Crippen LogP contribution is -2.51. The SMILES string of the molecule is CCC(OC)c1cc(CN(C(=O)C(Cc2ccc(OCCOc3c(Cl)cc(C)cc3Cl)cc2)CN(C(=O)O)C(C)(C)C)C2CC2)c(Cl)c[n+]1[O-]. The quantitative estimate of drug-likeness (QED) is 0.0891. The van der Waals surface area contributed by atoms with Gasteiger partial charge in [-0.3, -0.25) is 4.79 Å². The fraction of sp³-hybridized carbons (Fsp3) is 0.486. The molecule has 3 aromatic rings. The number of benzene rings is 2. The van der Waals surface area contributed by atoms with Crippen LogP contribution in [0.3, 0.4) is 0 Å². The number of ether oxygens (including phenoxy) is 3. The van der Waals surface area contributed by atoms with E-state index in [-0.39, 0.29) is 43.3 Å². The summed E-state index contributed by atoms with van der Waals surface area (Å²) in [5.41, 5.74) is 2.08. The Morgan fingerprint density at radius 1 is 1.02 bits per heavy atom. The van der Waals surface area contributed by atoms with Crippen molar-refractivity contribution in [2.75, 3.05) is 26.9 Å². The molecular formula is C37H46Cl3N3O7. The van der Waals surface area contributed by atoms with Crippen LogP contribution in [0.4, 0.5) is 4.79 Å². The van der Waals surface area contributed by atoms with Crippen LogP contribution in [0.25, 0.3) is 0 Å². The van der Waals surface area contributed by atoms with E-state index in [1.54, 1.807) is 51.0 Å². The molecule has 2 amide bonds. The zero-order valence-corrected chi connectivity index (χ0v) is 31.6. The third-order valence-electron chi connectivity index (χ3n) is 8.65. The lowest BCUT2D eigenvalue weighted by Gasteiger charge is -2.37. The minimum Gasteiger partial charge on any atom is -0.618 e. The normalized spacial score (nSPS) is 14.2. The number of hydrogen-bond acceptors (Lipinski definition) is 6.